The Hall–Kier alpha value is -0.870. The molecule has 0 fully saturated rings. The van der Waals surface area contributed by atoms with Crippen molar-refractivity contribution in [3.05, 3.63) is 51.9 Å². The van der Waals surface area contributed by atoms with Gasteiger partial charge in [0.2, 0.25) is 9.84 Å². The molecule has 0 bridgehead atoms. The average molecular weight is 299 g/mol. The highest BCUT2D eigenvalue weighted by Crippen LogP contribution is 2.31. The van der Waals surface area contributed by atoms with Gasteiger partial charge in [-0.1, -0.05) is 40.2 Å². The molecular formula is C12H11BrO2S. The summed E-state index contributed by atoms with van der Waals surface area (Å²) in [5.74, 6) is 0. The number of hydrogen-bond donors (Lipinski definition) is 0. The fraction of sp³-hybridized carbons (Fsp3) is 0.167. The minimum atomic E-state index is -3.37. The third-order valence-electron chi connectivity index (χ3n) is 2.41. The Labute approximate surface area is 104 Å². The summed E-state index contributed by atoms with van der Waals surface area (Å²) in [5, 5.41) is 0. The summed E-state index contributed by atoms with van der Waals surface area (Å²) in [7, 11) is -3.37. The summed E-state index contributed by atoms with van der Waals surface area (Å²) in [4.78, 5) is 0.721. The van der Waals surface area contributed by atoms with E-state index in [1.54, 1.807) is 36.4 Å². The van der Waals surface area contributed by atoms with Crippen molar-refractivity contribution in [1.29, 1.82) is 0 Å². The number of hydrogen-bond acceptors (Lipinski definition) is 2. The van der Waals surface area contributed by atoms with Gasteiger partial charge in [0.1, 0.15) is 0 Å². The number of benzene rings is 1. The maximum absolute atomic E-state index is 12.3. The molecule has 0 saturated heterocycles. The molecule has 0 saturated carbocycles. The summed E-state index contributed by atoms with van der Waals surface area (Å²) < 4.78 is 25.3. The van der Waals surface area contributed by atoms with E-state index in [2.05, 4.69) is 15.9 Å². The normalized spacial score (nSPS) is 16.6. The fourth-order valence-corrected chi connectivity index (χ4v) is 4.01. The van der Waals surface area contributed by atoms with Gasteiger partial charge in [0.25, 0.3) is 0 Å². The maximum Gasteiger partial charge on any atom is 0.207 e. The number of allylic oxidation sites excluding steroid dienone is 3. The van der Waals surface area contributed by atoms with Crippen LogP contribution in [0.3, 0.4) is 0 Å². The van der Waals surface area contributed by atoms with Gasteiger partial charge in [-0.25, -0.2) is 8.42 Å². The smallest absolute Gasteiger partial charge is 0.207 e. The Morgan fingerprint density at radius 3 is 2.44 bits per heavy atom. The molecule has 0 heterocycles. The highest BCUT2D eigenvalue weighted by molar-refractivity contribution is 9.11. The molecule has 0 amide bonds. The van der Waals surface area contributed by atoms with Crippen LogP contribution in [0.1, 0.15) is 12.8 Å². The van der Waals surface area contributed by atoms with Crippen LogP contribution >= 0.6 is 15.9 Å². The van der Waals surface area contributed by atoms with Crippen molar-refractivity contribution in [2.24, 2.45) is 0 Å². The van der Waals surface area contributed by atoms with Gasteiger partial charge >= 0.3 is 0 Å². The van der Waals surface area contributed by atoms with E-state index >= 15 is 0 Å². The van der Waals surface area contributed by atoms with Crippen molar-refractivity contribution in [3.8, 4) is 0 Å². The van der Waals surface area contributed by atoms with Crippen LogP contribution in [0, 0.1) is 0 Å². The van der Waals surface area contributed by atoms with E-state index in [0.29, 0.717) is 9.80 Å². The molecule has 2 rings (SSSR count). The molecule has 84 valence electrons. The zero-order valence-corrected chi connectivity index (χ0v) is 11.0. The molecule has 0 unspecified atom stereocenters. The van der Waals surface area contributed by atoms with Gasteiger partial charge in [-0.3, -0.25) is 0 Å². The average Bonchev–Trinajstić information content (AvgIpc) is 2.30. The van der Waals surface area contributed by atoms with Crippen molar-refractivity contribution in [1.82, 2.24) is 0 Å². The van der Waals surface area contributed by atoms with E-state index in [0.717, 1.165) is 17.3 Å². The van der Waals surface area contributed by atoms with E-state index in [9.17, 15) is 8.42 Å². The molecule has 4 heteroatoms. The highest BCUT2D eigenvalue weighted by atomic mass is 79.9. The van der Waals surface area contributed by atoms with Crippen LogP contribution in [0.5, 0.6) is 0 Å². The first kappa shape index (κ1) is 11.6. The van der Waals surface area contributed by atoms with Gasteiger partial charge < -0.3 is 0 Å². The van der Waals surface area contributed by atoms with E-state index in [-0.39, 0.29) is 0 Å². The topological polar surface area (TPSA) is 34.1 Å². The van der Waals surface area contributed by atoms with Gasteiger partial charge in [0.15, 0.2) is 0 Å². The lowest BCUT2D eigenvalue weighted by molar-refractivity contribution is 0.602. The molecule has 0 N–H and O–H groups in total. The van der Waals surface area contributed by atoms with Crippen molar-refractivity contribution in [3.63, 3.8) is 0 Å². The third kappa shape index (κ3) is 2.13. The monoisotopic (exact) mass is 298 g/mol. The predicted octanol–water partition coefficient (Wildman–Crippen LogP) is 3.42. The molecular weight excluding hydrogens is 288 g/mol. The first-order valence-corrected chi connectivity index (χ1v) is 7.25. The van der Waals surface area contributed by atoms with Crippen LogP contribution in [-0.2, 0) is 9.84 Å². The molecule has 2 nitrogen and oxygen atoms in total. The van der Waals surface area contributed by atoms with Gasteiger partial charge in [-0.2, -0.15) is 0 Å². The largest absolute Gasteiger partial charge is 0.218 e. The minimum Gasteiger partial charge on any atom is -0.218 e. The van der Waals surface area contributed by atoms with Gasteiger partial charge in [-0.05, 0) is 31.1 Å². The van der Waals surface area contributed by atoms with Crippen LogP contribution in [0.2, 0.25) is 0 Å². The SMILES string of the molecule is O=S(=O)(C1=C(Br)CCC=C1)c1ccccc1. The Bertz CT molecular complexity index is 542. The van der Waals surface area contributed by atoms with Crippen LogP contribution in [0.15, 0.2) is 56.8 Å². The Balaban J connectivity index is 2.53. The van der Waals surface area contributed by atoms with Crippen LogP contribution in [0.25, 0.3) is 0 Å². The number of sulfone groups is 1. The molecule has 0 atom stereocenters. The van der Waals surface area contributed by atoms with Gasteiger partial charge in [0, 0.05) is 4.48 Å². The standard InChI is InChI=1S/C12H11BrO2S/c13-11-8-4-5-9-12(11)16(14,15)10-6-2-1-3-7-10/h1-3,5-7,9H,4,8H2. The number of rotatable bonds is 2. The molecule has 0 spiro atoms. The molecule has 0 aromatic heterocycles. The van der Waals surface area contributed by atoms with Crippen molar-refractivity contribution in [2.75, 3.05) is 0 Å². The molecule has 1 aromatic carbocycles. The summed E-state index contributed by atoms with van der Waals surface area (Å²) in [6, 6.07) is 8.50. The Morgan fingerprint density at radius 1 is 1.12 bits per heavy atom. The third-order valence-corrected chi connectivity index (χ3v) is 5.35. The van der Waals surface area contributed by atoms with E-state index < -0.39 is 9.84 Å². The minimum absolute atomic E-state index is 0.341. The lowest BCUT2D eigenvalue weighted by atomic mass is 10.2. The highest BCUT2D eigenvalue weighted by Gasteiger charge is 2.22. The molecule has 1 aliphatic carbocycles. The quantitative estimate of drug-likeness (QED) is 0.838. The molecule has 1 aliphatic rings. The zero-order chi connectivity index (χ0) is 11.6. The van der Waals surface area contributed by atoms with Crippen LogP contribution < -0.4 is 0 Å². The Kier molecular flexibility index (Phi) is 3.30. The fourth-order valence-electron chi connectivity index (χ4n) is 1.58. The second kappa shape index (κ2) is 4.55. The van der Waals surface area contributed by atoms with Gasteiger partial charge in [-0.15, -0.1) is 0 Å². The van der Waals surface area contributed by atoms with Gasteiger partial charge in [0.05, 0.1) is 9.80 Å². The number of halogens is 1. The maximum atomic E-state index is 12.3. The van der Waals surface area contributed by atoms with Crippen LogP contribution in [-0.4, -0.2) is 8.42 Å². The van der Waals surface area contributed by atoms with Crippen molar-refractivity contribution >= 4 is 25.8 Å². The molecule has 16 heavy (non-hydrogen) atoms. The second-order valence-corrected chi connectivity index (χ2v) is 6.40. The first-order chi connectivity index (χ1) is 7.62. The zero-order valence-electron chi connectivity index (χ0n) is 8.56. The van der Waals surface area contributed by atoms with E-state index in [1.165, 1.54) is 0 Å². The second-order valence-electron chi connectivity index (χ2n) is 3.53. The lowest BCUT2D eigenvalue weighted by Crippen LogP contribution is -2.06. The van der Waals surface area contributed by atoms with E-state index in [1.807, 2.05) is 6.08 Å². The summed E-state index contributed by atoms with van der Waals surface area (Å²) in [6.07, 6.45) is 5.20. The summed E-state index contributed by atoms with van der Waals surface area (Å²) in [6.45, 7) is 0. The van der Waals surface area contributed by atoms with Crippen molar-refractivity contribution in [2.45, 2.75) is 17.7 Å². The molecule has 0 aliphatic heterocycles. The van der Waals surface area contributed by atoms with Crippen LogP contribution in [0.4, 0.5) is 0 Å². The van der Waals surface area contributed by atoms with E-state index in [4.69, 9.17) is 0 Å². The summed E-state index contributed by atoms with van der Waals surface area (Å²) >= 11 is 3.34. The lowest BCUT2D eigenvalue weighted by Gasteiger charge is -2.11. The van der Waals surface area contributed by atoms with Crippen molar-refractivity contribution < 1.29 is 8.42 Å². The molecule has 0 radical (unpaired) electrons. The first-order valence-electron chi connectivity index (χ1n) is 4.98. The summed E-state index contributed by atoms with van der Waals surface area (Å²) in [5.41, 5.74) is 0. The molecule has 1 aromatic rings. The predicted molar refractivity (Wildman–Crippen MR) is 68.0 cm³/mol. The Morgan fingerprint density at radius 2 is 1.81 bits per heavy atom.